The van der Waals surface area contributed by atoms with Gasteiger partial charge in [0.25, 0.3) is 6.43 Å². The molecular formula is C6H11F2NO2. The van der Waals surface area contributed by atoms with E-state index in [0.29, 0.717) is 13.2 Å². The van der Waals surface area contributed by atoms with E-state index in [9.17, 15) is 8.78 Å². The van der Waals surface area contributed by atoms with Crippen molar-refractivity contribution < 1.29 is 18.6 Å². The smallest absolute Gasteiger partial charge is 0.265 e. The van der Waals surface area contributed by atoms with E-state index in [0.717, 1.165) is 0 Å². The first-order valence-electron chi connectivity index (χ1n) is 3.47. The van der Waals surface area contributed by atoms with Crippen LogP contribution in [0, 0.1) is 0 Å². The highest BCUT2D eigenvalue weighted by Gasteiger charge is 2.21. The van der Waals surface area contributed by atoms with Crippen molar-refractivity contribution in [2.75, 3.05) is 19.8 Å². The van der Waals surface area contributed by atoms with Crippen LogP contribution in [0.25, 0.3) is 0 Å². The van der Waals surface area contributed by atoms with Gasteiger partial charge >= 0.3 is 0 Å². The molecule has 0 radical (unpaired) electrons. The van der Waals surface area contributed by atoms with Gasteiger partial charge in [-0.1, -0.05) is 0 Å². The second-order valence-corrected chi connectivity index (χ2v) is 2.54. The van der Waals surface area contributed by atoms with Gasteiger partial charge in [-0.25, -0.2) is 8.78 Å². The molecule has 1 heterocycles. The Morgan fingerprint density at radius 3 is 2.55 bits per heavy atom. The van der Waals surface area contributed by atoms with Crippen molar-refractivity contribution in [3.63, 3.8) is 0 Å². The highest BCUT2D eigenvalue weighted by Crippen LogP contribution is 2.02. The molecule has 66 valence electrons. The number of nitrogens with one attached hydrogen (secondary N) is 1. The van der Waals surface area contributed by atoms with Crippen LogP contribution in [0.5, 0.6) is 0 Å². The average molecular weight is 167 g/mol. The first-order valence-corrected chi connectivity index (χ1v) is 3.47. The third-order valence-electron chi connectivity index (χ3n) is 1.54. The number of halogens is 2. The highest BCUT2D eigenvalue weighted by atomic mass is 19.3. The maximum atomic E-state index is 11.7. The summed E-state index contributed by atoms with van der Waals surface area (Å²) in [5.74, 6) is 0. The summed E-state index contributed by atoms with van der Waals surface area (Å²) in [6, 6.07) is 0.142. The summed E-state index contributed by atoms with van der Waals surface area (Å²) < 4.78 is 28.2. The summed E-state index contributed by atoms with van der Waals surface area (Å²) in [7, 11) is 0. The number of rotatable bonds is 4. The summed E-state index contributed by atoms with van der Waals surface area (Å²) in [5, 5.41) is 11.4. The molecule has 1 rings (SSSR count). The lowest BCUT2D eigenvalue weighted by atomic mass is 10.2. The van der Waals surface area contributed by atoms with E-state index >= 15 is 0 Å². The normalized spacial score (nSPS) is 21.8. The molecule has 0 saturated carbocycles. The van der Waals surface area contributed by atoms with Crippen LogP contribution in [-0.2, 0) is 4.74 Å². The van der Waals surface area contributed by atoms with Crippen molar-refractivity contribution in [3.8, 4) is 0 Å². The van der Waals surface area contributed by atoms with E-state index in [4.69, 9.17) is 9.84 Å². The molecule has 0 aromatic heterocycles. The van der Waals surface area contributed by atoms with Crippen molar-refractivity contribution in [1.82, 2.24) is 5.32 Å². The molecule has 0 spiro atoms. The van der Waals surface area contributed by atoms with E-state index in [2.05, 4.69) is 5.32 Å². The Hall–Kier alpha value is -0.260. The fraction of sp³-hybridized carbons (Fsp3) is 1.00. The molecule has 1 fully saturated rings. The summed E-state index contributed by atoms with van der Waals surface area (Å²) >= 11 is 0. The van der Waals surface area contributed by atoms with Crippen molar-refractivity contribution in [3.05, 3.63) is 0 Å². The van der Waals surface area contributed by atoms with Gasteiger partial charge in [-0.15, -0.1) is 0 Å². The predicted molar refractivity (Wildman–Crippen MR) is 34.6 cm³/mol. The van der Waals surface area contributed by atoms with Crippen molar-refractivity contribution in [1.29, 1.82) is 0 Å². The van der Waals surface area contributed by atoms with Gasteiger partial charge in [0.15, 0.2) is 0 Å². The molecule has 11 heavy (non-hydrogen) atoms. The minimum atomic E-state index is -2.66. The predicted octanol–water partition coefficient (Wildman–Crippen LogP) is -0.399. The monoisotopic (exact) mass is 167 g/mol. The summed E-state index contributed by atoms with van der Waals surface area (Å²) in [6.07, 6.45) is -4.22. The number of ether oxygens (including phenoxy) is 1. The van der Waals surface area contributed by atoms with E-state index < -0.39 is 12.5 Å². The molecule has 2 N–H and O–H groups in total. The lowest BCUT2D eigenvalue weighted by Crippen LogP contribution is -2.49. The SMILES string of the molecule is OC(CNC1COC1)C(F)F. The Morgan fingerprint density at radius 1 is 1.55 bits per heavy atom. The maximum Gasteiger partial charge on any atom is 0.265 e. The van der Waals surface area contributed by atoms with E-state index in [1.165, 1.54) is 0 Å². The Labute approximate surface area is 63.3 Å². The van der Waals surface area contributed by atoms with E-state index in [1.807, 2.05) is 0 Å². The second kappa shape index (κ2) is 3.94. The third kappa shape index (κ3) is 2.69. The van der Waals surface area contributed by atoms with Crippen LogP contribution < -0.4 is 5.32 Å². The molecule has 0 aromatic rings. The minimum Gasteiger partial charge on any atom is -0.386 e. The van der Waals surface area contributed by atoms with E-state index in [-0.39, 0.29) is 12.6 Å². The van der Waals surface area contributed by atoms with Crippen molar-refractivity contribution in [2.45, 2.75) is 18.6 Å². The lowest BCUT2D eigenvalue weighted by Gasteiger charge is -2.27. The zero-order valence-corrected chi connectivity index (χ0v) is 5.96. The molecule has 1 atom stereocenters. The Balaban J connectivity index is 2.01. The topological polar surface area (TPSA) is 41.5 Å². The minimum absolute atomic E-state index is 0.0638. The zero-order valence-electron chi connectivity index (χ0n) is 5.96. The fourth-order valence-corrected chi connectivity index (χ4v) is 0.730. The van der Waals surface area contributed by atoms with Crippen LogP contribution in [0.1, 0.15) is 0 Å². The first-order chi connectivity index (χ1) is 5.20. The summed E-state index contributed by atoms with van der Waals surface area (Å²) in [5.41, 5.74) is 0. The van der Waals surface area contributed by atoms with Gasteiger partial charge in [0.2, 0.25) is 0 Å². The van der Waals surface area contributed by atoms with Crippen LogP contribution in [0.4, 0.5) is 8.78 Å². The van der Waals surface area contributed by atoms with Gasteiger partial charge in [-0.2, -0.15) is 0 Å². The maximum absolute atomic E-state index is 11.7. The number of hydrogen-bond acceptors (Lipinski definition) is 3. The standard InChI is InChI=1S/C6H11F2NO2/c7-6(8)5(10)1-9-4-2-11-3-4/h4-6,9-10H,1-3H2. The first kappa shape index (κ1) is 8.83. The van der Waals surface area contributed by atoms with Gasteiger partial charge < -0.3 is 15.2 Å². The van der Waals surface area contributed by atoms with E-state index in [1.54, 1.807) is 0 Å². The van der Waals surface area contributed by atoms with Crippen molar-refractivity contribution >= 4 is 0 Å². The van der Waals surface area contributed by atoms with Crippen LogP contribution in [0.3, 0.4) is 0 Å². The largest absolute Gasteiger partial charge is 0.386 e. The number of aliphatic hydroxyl groups excluding tert-OH is 1. The van der Waals surface area contributed by atoms with Gasteiger partial charge in [-0.05, 0) is 0 Å². The molecule has 1 aliphatic rings. The fourth-order valence-electron chi connectivity index (χ4n) is 0.730. The van der Waals surface area contributed by atoms with Gasteiger partial charge in [0.1, 0.15) is 6.10 Å². The van der Waals surface area contributed by atoms with Crippen LogP contribution >= 0.6 is 0 Å². The van der Waals surface area contributed by atoms with Crippen LogP contribution in [-0.4, -0.2) is 43.4 Å². The quantitative estimate of drug-likeness (QED) is 0.598. The number of aliphatic hydroxyl groups is 1. The molecule has 1 aliphatic heterocycles. The van der Waals surface area contributed by atoms with Crippen LogP contribution in [0.15, 0.2) is 0 Å². The second-order valence-electron chi connectivity index (χ2n) is 2.54. The molecule has 0 bridgehead atoms. The molecule has 0 aliphatic carbocycles. The molecule has 0 aromatic carbocycles. The zero-order chi connectivity index (χ0) is 8.27. The Morgan fingerprint density at radius 2 is 2.18 bits per heavy atom. The Kier molecular flexibility index (Phi) is 3.16. The number of alkyl halides is 2. The molecule has 1 unspecified atom stereocenters. The van der Waals surface area contributed by atoms with Crippen molar-refractivity contribution in [2.24, 2.45) is 0 Å². The van der Waals surface area contributed by atoms with Crippen LogP contribution in [0.2, 0.25) is 0 Å². The molecule has 0 amide bonds. The summed E-state index contributed by atoms with van der Waals surface area (Å²) in [4.78, 5) is 0. The number of hydrogen-bond donors (Lipinski definition) is 2. The highest BCUT2D eigenvalue weighted by molar-refractivity contribution is 4.74. The third-order valence-corrected chi connectivity index (χ3v) is 1.54. The van der Waals surface area contributed by atoms with Gasteiger partial charge in [0, 0.05) is 6.54 Å². The molecule has 3 nitrogen and oxygen atoms in total. The average Bonchev–Trinajstić information content (AvgIpc) is 1.83. The molecular weight excluding hydrogens is 156 g/mol. The molecule has 1 saturated heterocycles. The Bertz CT molecular complexity index is 119. The molecule has 5 heteroatoms. The van der Waals surface area contributed by atoms with Gasteiger partial charge in [0.05, 0.1) is 19.3 Å². The van der Waals surface area contributed by atoms with Gasteiger partial charge in [-0.3, -0.25) is 0 Å². The summed E-state index contributed by atoms with van der Waals surface area (Å²) in [6.45, 7) is 1.04. The lowest BCUT2D eigenvalue weighted by molar-refractivity contribution is -0.0317.